The number of benzene rings is 1. The van der Waals surface area contributed by atoms with Gasteiger partial charge in [-0.15, -0.1) is 0 Å². The van der Waals surface area contributed by atoms with Crippen molar-refractivity contribution >= 4 is 11.6 Å². The van der Waals surface area contributed by atoms with Crippen molar-refractivity contribution in [2.75, 3.05) is 0 Å². The normalized spacial score (nSPS) is 10.3. The Kier molecular flexibility index (Phi) is 2.69. The molecule has 0 saturated carbocycles. The van der Waals surface area contributed by atoms with Crippen molar-refractivity contribution in [3.63, 3.8) is 0 Å². The van der Waals surface area contributed by atoms with Crippen LogP contribution in [0.15, 0.2) is 36.5 Å². The maximum Gasteiger partial charge on any atom is 0.131 e. The fourth-order valence-electron chi connectivity index (χ4n) is 1.40. The summed E-state index contributed by atoms with van der Waals surface area (Å²) in [6.07, 6.45) is 1.58. The van der Waals surface area contributed by atoms with E-state index < -0.39 is 0 Å². The van der Waals surface area contributed by atoms with Crippen LogP contribution in [0.5, 0.6) is 0 Å². The Morgan fingerprint density at radius 1 is 1.27 bits per heavy atom. The van der Waals surface area contributed by atoms with E-state index in [4.69, 9.17) is 11.6 Å². The Hall–Kier alpha value is -1.41. The smallest absolute Gasteiger partial charge is 0.131 e. The van der Waals surface area contributed by atoms with Crippen molar-refractivity contribution in [3.8, 4) is 11.1 Å². The Morgan fingerprint density at radius 2 is 2.00 bits per heavy atom. The summed E-state index contributed by atoms with van der Waals surface area (Å²) >= 11 is 5.80. The van der Waals surface area contributed by atoms with Crippen LogP contribution in [0.1, 0.15) is 5.56 Å². The number of pyridine rings is 1. The van der Waals surface area contributed by atoms with Gasteiger partial charge in [-0.25, -0.2) is 9.37 Å². The lowest BCUT2D eigenvalue weighted by Crippen LogP contribution is -1.87. The molecule has 0 bridgehead atoms. The predicted molar refractivity (Wildman–Crippen MR) is 59.4 cm³/mol. The molecule has 2 rings (SSSR count). The van der Waals surface area contributed by atoms with Gasteiger partial charge in [-0.1, -0.05) is 29.8 Å². The van der Waals surface area contributed by atoms with Gasteiger partial charge < -0.3 is 0 Å². The summed E-state index contributed by atoms with van der Waals surface area (Å²) < 4.78 is 13.4. The van der Waals surface area contributed by atoms with Crippen molar-refractivity contribution in [2.45, 2.75) is 6.92 Å². The standard InChI is InChI=1S/C12H9ClFN/c1-8-6-9(7-15-12(8)13)10-4-2-3-5-11(10)14/h2-7H,1H3. The lowest BCUT2D eigenvalue weighted by molar-refractivity contribution is 0.631. The van der Waals surface area contributed by atoms with Crippen molar-refractivity contribution in [1.29, 1.82) is 0 Å². The number of nitrogens with zero attached hydrogens (tertiary/aromatic N) is 1. The molecule has 0 unspecified atom stereocenters. The quantitative estimate of drug-likeness (QED) is 0.667. The summed E-state index contributed by atoms with van der Waals surface area (Å²) in [6, 6.07) is 8.43. The lowest BCUT2D eigenvalue weighted by atomic mass is 10.1. The number of halogens is 2. The van der Waals surface area contributed by atoms with Gasteiger partial charge in [-0.05, 0) is 24.6 Å². The molecule has 0 atom stereocenters. The molecule has 1 aromatic heterocycles. The number of hydrogen-bond acceptors (Lipinski definition) is 1. The number of aromatic nitrogens is 1. The van der Waals surface area contributed by atoms with E-state index in [2.05, 4.69) is 4.98 Å². The highest BCUT2D eigenvalue weighted by atomic mass is 35.5. The zero-order valence-electron chi connectivity index (χ0n) is 8.17. The average Bonchev–Trinajstić information content (AvgIpc) is 2.23. The third kappa shape index (κ3) is 2.00. The molecule has 76 valence electrons. The molecule has 0 radical (unpaired) electrons. The Morgan fingerprint density at radius 3 is 2.67 bits per heavy atom. The Labute approximate surface area is 92.5 Å². The topological polar surface area (TPSA) is 12.9 Å². The van der Waals surface area contributed by atoms with Crippen molar-refractivity contribution in [2.24, 2.45) is 0 Å². The van der Waals surface area contributed by atoms with E-state index in [1.807, 2.05) is 13.0 Å². The molecule has 1 heterocycles. The number of rotatable bonds is 1. The first-order chi connectivity index (χ1) is 7.18. The largest absolute Gasteiger partial charge is 0.244 e. The highest BCUT2D eigenvalue weighted by Crippen LogP contribution is 2.24. The molecular weight excluding hydrogens is 213 g/mol. The van der Waals surface area contributed by atoms with Gasteiger partial charge in [0.2, 0.25) is 0 Å². The minimum atomic E-state index is -0.249. The van der Waals surface area contributed by atoms with Crippen LogP contribution in [0.4, 0.5) is 4.39 Å². The monoisotopic (exact) mass is 221 g/mol. The van der Waals surface area contributed by atoms with Gasteiger partial charge in [-0.3, -0.25) is 0 Å². The minimum Gasteiger partial charge on any atom is -0.244 e. The van der Waals surface area contributed by atoms with Crippen molar-refractivity contribution < 1.29 is 4.39 Å². The molecule has 0 saturated heterocycles. The first-order valence-electron chi connectivity index (χ1n) is 4.55. The maximum atomic E-state index is 13.4. The van der Waals surface area contributed by atoms with Crippen molar-refractivity contribution in [3.05, 3.63) is 53.1 Å². The van der Waals surface area contributed by atoms with E-state index in [0.29, 0.717) is 10.7 Å². The highest BCUT2D eigenvalue weighted by Gasteiger charge is 2.05. The molecule has 0 amide bonds. The van der Waals surface area contributed by atoms with E-state index in [-0.39, 0.29) is 5.82 Å². The summed E-state index contributed by atoms with van der Waals surface area (Å²) in [5.41, 5.74) is 2.14. The number of hydrogen-bond donors (Lipinski definition) is 0. The Balaban J connectivity index is 2.55. The molecule has 0 spiro atoms. The minimum absolute atomic E-state index is 0.249. The van der Waals surface area contributed by atoms with Gasteiger partial charge in [0.05, 0.1) is 0 Å². The van der Waals surface area contributed by atoms with E-state index in [9.17, 15) is 4.39 Å². The van der Waals surface area contributed by atoms with Crippen LogP contribution in [0.3, 0.4) is 0 Å². The molecule has 0 aliphatic heterocycles. The van der Waals surface area contributed by atoms with E-state index in [1.54, 1.807) is 24.4 Å². The van der Waals surface area contributed by atoms with Crippen LogP contribution in [0.25, 0.3) is 11.1 Å². The zero-order chi connectivity index (χ0) is 10.8. The van der Waals surface area contributed by atoms with Gasteiger partial charge in [0, 0.05) is 17.3 Å². The Bertz CT molecular complexity index is 497. The number of aryl methyl sites for hydroxylation is 1. The fraction of sp³-hybridized carbons (Fsp3) is 0.0833. The third-order valence-electron chi connectivity index (χ3n) is 2.20. The van der Waals surface area contributed by atoms with Crippen molar-refractivity contribution in [1.82, 2.24) is 4.98 Å². The molecule has 1 aromatic carbocycles. The first-order valence-corrected chi connectivity index (χ1v) is 4.93. The molecule has 3 heteroatoms. The first kappa shape index (κ1) is 10.1. The summed E-state index contributed by atoms with van der Waals surface area (Å²) in [4.78, 5) is 3.99. The molecule has 2 aromatic rings. The lowest BCUT2D eigenvalue weighted by Gasteiger charge is -2.04. The van der Waals surface area contributed by atoms with Crippen LogP contribution in [-0.4, -0.2) is 4.98 Å². The van der Waals surface area contributed by atoms with Crippen LogP contribution in [0.2, 0.25) is 5.15 Å². The average molecular weight is 222 g/mol. The second-order valence-electron chi connectivity index (χ2n) is 3.31. The second kappa shape index (κ2) is 3.99. The molecular formula is C12H9ClFN. The summed E-state index contributed by atoms with van der Waals surface area (Å²) in [7, 11) is 0. The molecule has 0 fully saturated rings. The summed E-state index contributed by atoms with van der Waals surface area (Å²) in [6.45, 7) is 1.85. The van der Waals surface area contributed by atoms with Gasteiger partial charge in [0.15, 0.2) is 0 Å². The SMILES string of the molecule is Cc1cc(-c2ccccc2F)cnc1Cl. The van der Waals surface area contributed by atoms with E-state index in [1.165, 1.54) is 6.07 Å². The van der Waals surface area contributed by atoms with E-state index >= 15 is 0 Å². The van der Waals surface area contributed by atoms with E-state index in [0.717, 1.165) is 11.1 Å². The molecule has 0 aliphatic carbocycles. The van der Waals surface area contributed by atoms with Gasteiger partial charge in [-0.2, -0.15) is 0 Å². The molecule has 0 N–H and O–H groups in total. The van der Waals surface area contributed by atoms with Gasteiger partial charge in [0.25, 0.3) is 0 Å². The molecule has 1 nitrogen and oxygen atoms in total. The van der Waals surface area contributed by atoms with Gasteiger partial charge in [0.1, 0.15) is 11.0 Å². The summed E-state index contributed by atoms with van der Waals surface area (Å²) in [5.74, 6) is -0.249. The van der Waals surface area contributed by atoms with Gasteiger partial charge >= 0.3 is 0 Å². The summed E-state index contributed by atoms with van der Waals surface area (Å²) in [5, 5.41) is 0.454. The highest BCUT2D eigenvalue weighted by molar-refractivity contribution is 6.30. The zero-order valence-corrected chi connectivity index (χ0v) is 8.92. The fourth-order valence-corrected chi connectivity index (χ4v) is 1.50. The van der Waals surface area contributed by atoms with Crippen LogP contribution < -0.4 is 0 Å². The predicted octanol–water partition coefficient (Wildman–Crippen LogP) is 3.85. The van der Waals surface area contributed by atoms with Crippen LogP contribution in [0, 0.1) is 12.7 Å². The maximum absolute atomic E-state index is 13.4. The molecule has 0 aliphatic rings. The van der Waals surface area contributed by atoms with Crippen LogP contribution in [-0.2, 0) is 0 Å². The van der Waals surface area contributed by atoms with Crippen LogP contribution >= 0.6 is 11.6 Å². The second-order valence-corrected chi connectivity index (χ2v) is 3.67. The molecule has 15 heavy (non-hydrogen) atoms. The third-order valence-corrected chi connectivity index (χ3v) is 2.59.